The van der Waals surface area contributed by atoms with E-state index in [-0.39, 0.29) is 6.04 Å². The molecule has 5 rings (SSSR count). The Hall–Kier alpha value is -3.22. The standard InChI is InChI=1S/C21H23N7/c1-14-11-18(27-12-22-15(2)16(27)3)9-10-26(14)20-6-4-5-19(24-20)21-25-23-13-28(21)17-7-8-17/h4-6,9-14,17H,7-8H2,1-3H3. The highest BCUT2D eigenvalue weighted by Crippen LogP contribution is 2.37. The zero-order valence-corrected chi connectivity index (χ0v) is 16.3. The number of hydrogen-bond donors (Lipinski definition) is 0. The molecule has 1 aliphatic heterocycles. The summed E-state index contributed by atoms with van der Waals surface area (Å²) in [5.41, 5.74) is 4.21. The van der Waals surface area contributed by atoms with E-state index in [0.29, 0.717) is 6.04 Å². The highest BCUT2D eigenvalue weighted by Gasteiger charge is 2.27. The molecule has 0 aromatic carbocycles. The minimum Gasteiger partial charge on any atom is -0.326 e. The Kier molecular flexibility index (Phi) is 3.89. The van der Waals surface area contributed by atoms with Gasteiger partial charge in [-0.2, -0.15) is 0 Å². The van der Waals surface area contributed by atoms with Crippen molar-refractivity contribution in [1.82, 2.24) is 29.3 Å². The number of imidazole rings is 1. The number of nitrogens with zero attached hydrogens (tertiary/aromatic N) is 7. The van der Waals surface area contributed by atoms with Crippen LogP contribution in [0.25, 0.3) is 17.2 Å². The van der Waals surface area contributed by atoms with Crippen molar-refractivity contribution in [1.29, 1.82) is 0 Å². The predicted molar refractivity (Wildman–Crippen MR) is 109 cm³/mol. The van der Waals surface area contributed by atoms with E-state index in [1.807, 2.05) is 37.8 Å². The maximum absolute atomic E-state index is 4.88. The molecular weight excluding hydrogens is 350 g/mol. The molecule has 142 valence electrons. The molecule has 1 atom stereocenters. The normalized spacial score (nSPS) is 19.2. The molecule has 1 unspecified atom stereocenters. The second kappa shape index (κ2) is 6.44. The van der Waals surface area contributed by atoms with Gasteiger partial charge in [0.1, 0.15) is 17.8 Å². The molecule has 0 bridgehead atoms. The summed E-state index contributed by atoms with van der Waals surface area (Å²) in [4.78, 5) is 11.5. The summed E-state index contributed by atoms with van der Waals surface area (Å²) in [6, 6.07) is 6.77. The Balaban J connectivity index is 1.44. The molecule has 7 heteroatoms. The highest BCUT2D eigenvalue weighted by atomic mass is 15.3. The molecule has 3 aromatic rings. The molecular formula is C21H23N7. The molecule has 4 heterocycles. The summed E-state index contributed by atoms with van der Waals surface area (Å²) in [5.74, 6) is 1.75. The summed E-state index contributed by atoms with van der Waals surface area (Å²) < 4.78 is 4.27. The number of pyridine rings is 1. The van der Waals surface area contributed by atoms with Gasteiger partial charge in [-0.15, -0.1) is 10.2 Å². The van der Waals surface area contributed by atoms with Crippen LogP contribution in [0.1, 0.15) is 37.2 Å². The topological polar surface area (TPSA) is 64.7 Å². The molecule has 28 heavy (non-hydrogen) atoms. The van der Waals surface area contributed by atoms with Gasteiger partial charge in [0.05, 0.1) is 18.1 Å². The Bertz CT molecular complexity index is 1080. The lowest BCUT2D eigenvalue weighted by molar-refractivity contribution is 0.743. The van der Waals surface area contributed by atoms with Crippen molar-refractivity contribution < 1.29 is 0 Å². The Morgan fingerprint density at radius 3 is 2.68 bits per heavy atom. The maximum Gasteiger partial charge on any atom is 0.182 e. The van der Waals surface area contributed by atoms with Crippen molar-refractivity contribution in [3.05, 3.63) is 60.6 Å². The van der Waals surface area contributed by atoms with Crippen molar-refractivity contribution in [2.24, 2.45) is 0 Å². The molecule has 0 spiro atoms. The van der Waals surface area contributed by atoms with Crippen LogP contribution in [0.3, 0.4) is 0 Å². The SMILES string of the molecule is Cc1ncn(C2=CC(C)N(c3cccc(-c4nncn4C4CC4)n3)C=C2)c1C. The van der Waals surface area contributed by atoms with Crippen LogP contribution in [0.5, 0.6) is 0 Å². The molecule has 0 N–H and O–H groups in total. The van der Waals surface area contributed by atoms with E-state index in [9.17, 15) is 0 Å². The lowest BCUT2D eigenvalue weighted by Crippen LogP contribution is -2.29. The van der Waals surface area contributed by atoms with E-state index in [4.69, 9.17) is 4.98 Å². The van der Waals surface area contributed by atoms with Gasteiger partial charge < -0.3 is 14.0 Å². The van der Waals surface area contributed by atoms with Crippen LogP contribution in [0.15, 0.2) is 49.2 Å². The first-order valence-electron chi connectivity index (χ1n) is 9.68. The number of rotatable bonds is 4. The fourth-order valence-corrected chi connectivity index (χ4v) is 3.62. The Labute approximate surface area is 164 Å². The molecule has 1 aliphatic carbocycles. The summed E-state index contributed by atoms with van der Waals surface area (Å²) >= 11 is 0. The van der Waals surface area contributed by atoms with Crippen LogP contribution in [-0.2, 0) is 0 Å². The first kappa shape index (κ1) is 16.9. The Morgan fingerprint density at radius 2 is 1.96 bits per heavy atom. The third-order valence-corrected chi connectivity index (χ3v) is 5.53. The first-order chi connectivity index (χ1) is 13.6. The molecule has 2 aliphatic rings. The maximum atomic E-state index is 4.88. The van der Waals surface area contributed by atoms with Gasteiger partial charge >= 0.3 is 0 Å². The molecule has 0 saturated heterocycles. The smallest absolute Gasteiger partial charge is 0.182 e. The van der Waals surface area contributed by atoms with E-state index in [2.05, 4.69) is 61.4 Å². The fraction of sp³-hybridized carbons (Fsp3) is 0.333. The second-order valence-electron chi connectivity index (χ2n) is 7.51. The van der Waals surface area contributed by atoms with Gasteiger partial charge in [-0.05, 0) is 57.9 Å². The monoisotopic (exact) mass is 373 g/mol. The summed E-state index contributed by atoms with van der Waals surface area (Å²) in [5, 5.41) is 8.41. The van der Waals surface area contributed by atoms with Gasteiger partial charge in [-0.25, -0.2) is 9.97 Å². The van der Waals surface area contributed by atoms with E-state index in [0.717, 1.165) is 34.4 Å². The quantitative estimate of drug-likeness (QED) is 0.697. The lowest BCUT2D eigenvalue weighted by atomic mass is 10.1. The van der Waals surface area contributed by atoms with Gasteiger partial charge in [0, 0.05) is 23.6 Å². The van der Waals surface area contributed by atoms with E-state index >= 15 is 0 Å². The van der Waals surface area contributed by atoms with Crippen LogP contribution in [0.4, 0.5) is 5.82 Å². The minimum absolute atomic E-state index is 0.172. The summed E-state index contributed by atoms with van der Waals surface area (Å²) in [6.07, 6.45) is 12.5. The molecule has 1 fully saturated rings. The largest absolute Gasteiger partial charge is 0.326 e. The summed E-state index contributed by atoms with van der Waals surface area (Å²) in [6.45, 7) is 6.29. The minimum atomic E-state index is 0.172. The predicted octanol–water partition coefficient (Wildman–Crippen LogP) is 3.75. The van der Waals surface area contributed by atoms with Crippen molar-refractivity contribution in [3.8, 4) is 11.5 Å². The number of aromatic nitrogens is 6. The van der Waals surface area contributed by atoms with Crippen LogP contribution in [-0.4, -0.2) is 35.3 Å². The van der Waals surface area contributed by atoms with Gasteiger partial charge in [0.2, 0.25) is 0 Å². The van der Waals surface area contributed by atoms with Crippen molar-refractivity contribution in [2.75, 3.05) is 4.90 Å². The number of aryl methyl sites for hydroxylation is 1. The third-order valence-electron chi connectivity index (χ3n) is 5.53. The van der Waals surface area contributed by atoms with Gasteiger partial charge in [0.15, 0.2) is 5.82 Å². The molecule has 3 aromatic heterocycles. The zero-order chi connectivity index (χ0) is 19.3. The number of hydrogen-bond acceptors (Lipinski definition) is 5. The van der Waals surface area contributed by atoms with Crippen LogP contribution >= 0.6 is 0 Å². The van der Waals surface area contributed by atoms with E-state index in [1.54, 1.807) is 0 Å². The fourth-order valence-electron chi connectivity index (χ4n) is 3.62. The van der Waals surface area contributed by atoms with Gasteiger partial charge in [0.25, 0.3) is 0 Å². The number of allylic oxidation sites excluding steroid dienone is 2. The third kappa shape index (κ3) is 2.83. The van der Waals surface area contributed by atoms with E-state index < -0.39 is 0 Å². The van der Waals surface area contributed by atoms with Gasteiger partial charge in [-0.3, -0.25) is 0 Å². The van der Waals surface area contributed by atoms with Crippen molar-refractivity contribution >= 4 is 11.5 Å². The average Bonchev–Trinajstić information content (AvgIpc) is 3.34. The van der Waals surface area contributed by atoms with Crippen LogP contribution in [0, 0.1) is 13.8 Å². The molecule has 0 amide bonds. The first-order valence-corrected chi connectivity index (χ1v) is 9.68. The zero-order valence-electron chi connectivity index (χ0n) is 16.3. The van der Waals surface area contributed by atoms with Crippen LogP contribution < -0.4 is 4.90 Å². The average molecular weight is 373 g/mol. The summed E-state index contributed by atoms with van der Waals surface area (Å²) in [7, 11) is 0. The molecule has 0 radical (unpaired) electrons. The highest BCUT2D eigenvalue weighted by molar-refractivity contribution is 5.66. The molecule has 1 saturated carbocycles. The van der Waals surface area contributed by atoms with Crippen molar-refractivity contribution in [2.45, 2.75) is 45.7 Å². The number of anilines is 1. The van der Waals surface area contributed by atoms with Gasteiger partial charge in [-0.1, -0.05) is 6.07 Å². The molecule has 7 nitrogen and oxygen atoms in total. The van der Waals surface area contributed by atoms with Crippen LogP contribution in [0.2, 0.25) is 0 Å². The lowest BCUT2D eigenvalue weighted by Gasteiger charge is -2.29. The van der Waals surface area contributed by atoms with Crippen molar-refractivity contribution in [3.63, 3.8) is 0 Å². The van der Waals surface area contributed by atoms with E-state index in [1.165, 1.54) is 12.8 Å². The Morgan fingerprint density at radius 1 is 1.11 bits per heavy atom. The second-order valence-corrected chi connectivity index (χ2v) is 7.51.